The molecule has 2 aromatic rings. The van der Waals surface area contributed by atoms with Gasteiger partial charge in [0.2, 0.25) is 16.9 Å². The fraction of sp³-hybridized carbons (Fsp3) is 0.500. The molecule has 1 aromatic carbocycles. The number of hydrogen-bond donors (Lipinski definition) is 1. The van der Waals surface area contributed by atoms with Gasteiger partial charge in [-0.05, 0) is 32.4 Å². The Morgan fingerprint density at radius 3 is 2.32 bits per heavy atom. The highest BCUT2D eigenvalue weighted by molar-refractivity contribution is 7.18. The summed E-state index contributed by atoms with van der Waals surface area (Å²) in [6.07, 6.45) is -3.59. The Bertz CT molecular complexity index is 901. The standard InChI is InChI=1S/C20H24ClF3N4O2S/c1-4-10-28(17(30)19(2,3)12-21)11-9-15(29)25-18-27-26-16(31-18)13-5-7-14(8-6-13)20(22,23)24/h5-8H,4,9-12H2,1-3H3,(H,25,27,29). The molecule has 11 heteroatoms. The second kappa shape index (κ2) is 10.4. The number of benzene rings is 1. The Kier molecular flexibility index (Phi) is 8.41. The van der Waals surface area contributed by atoms with Crippen molar-refractivity contribution in [3.05, 3.63) is 29.8 Å². The van der Waals surface area contributed by atoms with Gasteiger partial charge in [-0.1, -0.05) is 30.4 Å². The third-order valence-electron chi connectivity index (χ3n) is 4.43. The Hall–Kier alpha value is -2.20. The lowest BCUT2D eigenvalue weighted by molar-refractivity contribution is -0.139. The summed E-state index contributed by atoms with van der Waals surface area (Å²) in [6.45, 7) is 6.22. The minimum Gasteiger partial charge on any atom is -0.342 e. The molecule has 0 saturated carbocycles. The number of carbonyl (C=O) groups is 2. The zero-order chi connectivity index (χ0) is 23.2. The van der Waals surface area contributed by atoms with Crippen molar-refractivity contribution >= 4 is 39.9 Å². The van der Waals surface area contributed by atoms with Gasteiger partial charge in [0.25, 0.3) is 0 Å². The van der Waals surface area contributed by atoms with Crippen LogP contribution in [0.25, 0.3) is 10.6 Å². The first-order valence-electron chi connectivity index (χ1n) is 9.64. The maximum atomic E-state index is 12.7. The molecule has 2 rings (SSSR count). The third kappa shape index (κ3) is 6.90. The maximum absolute atomic E-state index is 12.7. The normalized spacial score (nSPS) is 12.0. The summed E-state index contributed by atoms with van der Waals surface area (Å²) in [6, 6.07) is 4.55. The molecular formula is C20H24ClF3N4O2S. The number of nitrogens with zero attached hydrogens (tertiary/aromatic N) is 3. The number of nitrogens with one attached hydrogen (secondary N) is 1. The highest BCUT2D eigenvalue weighted by Gasteiger charge is 2.31. The lowest BCUT2D eigenvalue weighted by Crippen LogP contribution is -2.43. The van der Waals surface area contributed by atoms with Crippen molar-refractivity contribution in [2.75, 3.05) is 24.3 Å². The summed E-state index contributed by atoms with van der Waals surface area (Å²) in [5.41, 5.74) is -1.00. The van der Waals surface area contributed by atoms with Crippen LogP contribution in [-0.2, 0) is 15.8 Å². The molecule has 0 unspecified atom stereocenters. The second-order valence-electron chi connectivity index (χ2n) is 7.60. The van der Waals surface area contributed by atoms with E-state index in [0.717, 1.165) is 29.9 Å². The molecule has 0 radical (unpaired) electrons. The van der Waals surface area contributed by atoms with Crippen molar-refractivity contribution in [2.24, 2.45) is 5.41 Å². The van der Waals surface area contributed by atoms with Gasteiger partial charge in [-0.15, -0.1) is 21.8 Å². The van der Waals surface area contributed by atoms with Crippen molar-refractivity contribution in [2.45, 2.75) is 39.8 Å². The van der Waals surface area contributed by atoms with Gasteiger partial charge < -0.3 is 10.2 Å². The number of amides is 2. The van der Waals surface area contributed by atoms with Crippen molar-refractivity contribution in [3.63, 3.8) is 0 Å². The SMILES string of the molecule is CCCN(CCC(=O)Nc1nnc(-c2ccc(C(F)(F)F)cc2)s1)C(=O)C(C)(C)CCl. The first-order chi connectivity index (χ1) is 14.5. The van der Waals surface area contributed by atoms with Gasteiger partial charge in [-0.25, -0.2) is 0 Å². The van der Waals surface area contributed by atoms with Crippen LogP contribution in [0, 0.1) is 5.41 Å². The minimum absolute atomic E-state index is 0.0687. The number of alkyl halides is 4. The van der Waals surface area contributed by atoms with Crippen LogP contribution in [0.15, 0.2) is 24.3 Å². The largest absolute Gasteiger partial charge is 0.416 e. The quantitative estimate of drug-likeness (QED) is 0.513. The molecule has 1 heterocycles. The molecule has 170 valence electrons. The highest BCUT2D eigenvalue weighted by atomic mass is 35.5. The molecule has 0 fully saturated rings. The molecule has 0 bridgehead atoms. The van der Waals surface area contributed by atoms with E-state index in [1.165, 1.54) is 12.1 Å². The topological polar surface area (TPSA) is 75.2 Å². The van der Waals surface area contributed by atoms with Crippen molar-refractivity contribution in [1.82, 2.24) is 15.1 Å². The van der Waals surface area contributed by atoms with Gasteiger partial charge in [0.05, 0.1) is 11.0 Å². The molecule has 0 aliphatic carbocycles. The lowest BCUT2D eigenvalue weighted by Gasteiger charge is -2.30. The van der Waals surface area contributed by atoms with Gasteiger partial charge >= 0.3 is 6.18 Å². The van der Waals surface area contributed by atoms with E-state index in [4.69, 9.17) is 11.6 Å². The number of aromatic nitrogens is 2. The van der Waals surface area contributed by atoms with E-state index in [1.807, 2.05) is 6.92 Å². The molecule has 0 atom stereocenters. The maximum Gasteiger partial charge on any atom is 0.416 e. The Morgan fingerprint density at radius 1 is 1.13 bits per heavy atom. The van der Waals surface area contributed by atoms with Gasteiger partial charge in [0.15, 0.2) is 0 Å². The molecule has 1 aromatic heterocycles. The van der Waals surface area contributed by atoms with E-state index >= 15 is 0 Å². The third-order valence-corrected chi connectivity index (χ3v) is 5.99. The summed E-state index contributed by atoms with van der Waals surface area (Å²) in [7, 11) is 0. The molecule has 2 amide bonds. The number of rotatable bonds is 9. The molecule has 6 nitrogen and oxygen atoms in total. The monoisotopic (exact) mass is 476 g/mol. The van der Waals surface area contributed by atoms with Crippen LogP contribution in [0.4, 0.5) is 18.3 Å². The Morgan fingerprint density at radius 2 is 1.77 bits per heavy atom. The van der Waals surface area contributed by atoms with Crippen molar-refractivity contribution in [1.29, 1.82) is 0 Å². The fourth-order valence-electron chi connectivity index (χ4n) is 2.68. The van der Waals surface area contributed by atoms with E-state index in [0.29, 0.717) is 17.1 Å². The first-order valence-corrected chi connectivity index (χ1v) is 11.0. The average Bonchev–Trinajstić information content (AvgIpc) is 3.18. The van der Waals surface area contributed by atoms with Gasteiger partial charge in [-0.3, -0.25) is 9.59 Å². The molecule has 1 N–H and O–H groups in total. The lowest BCUT2D eigenvalue weighted by atomic mass is 9.94. The summed E-state index contributed by atoms with van der Waals surface area (Å²) in [5, 5.41) is 11.0. The number of hydrogen-bond acceptors (Lipinski definition) is 5. The zero-order valence-corrected chi connectivity index (χ0v) is 19.0. The van der Waals surface area contributed by atoms with Crippen LogP contribution in [0.1, 0.15) is 39.2 Å². The molecule has 0 spiro atoms. The second-order valence-corrected chi connectivity index (χ2v) is 8.84. The van der Waals surface area contributed by atoms with E-state index < -0.39 is 17.2 Å². The molecule has 31 heavy (non-hydrogen) atoms. The predicted molar refractivity (Wildman–Crippen MR) is 115 cm³/mol. The van der Waals surface area contributed by atoms with E-state index in [-0.39, 0.29) is 35.8 Å². The number of anilines is 1. The summed E-state index contributed by atoms with van der Waals surface area (Å²) in [4.78, 5) is 26.5. The van der Waals surface area contributed by atoms with Crippen LogP contribution >= 0.6 is 22.9 Å². The van der Waals surface area contributed by atoms with Crippen LogP contribution in [-0.4, -0.2) is 45.9 Å². The van der Waals surface area contributed by atoms with Crippen LogP contribution in [0.3, 0.4) is 0 Å². The smallest absolute Gasteiger partial charge is 0.342 e. The van der Waals surface area contributed by atoms with Crippen LogP contribution in [0.2, 0.25) is 0 Å². The summed E-state index contributed by atoms with van der Waals surface area (Å²) in [5.74, 6) is -0.277. The number of halogens is 4. The van der Waals surface area contributed by atoms with Gasteiger partial charge in [-0.2, -0.15) is 13.2 Å². The fourth-order valence-corrected chi connectivity index (χ4v) is 3.56. The first kappa shape index (κ1) is 25.1. The molecule has 0 aliphatic rings. The molecule has 0 aliphatic heterocycles. The molecular weight excluding hydrogens is 453 g/mol. The van der Waals surface area contributed by atoms with Crippen molar-refractivity contribution < 1.29 is 22.8 Å². The van der Waals surface area contributed by atoms with E-state index in [9.17, 15) is 22.8 Å². The Labute approximate surface area is 187 Å². The number of carbonyl (C=O) groups excluding carboxylic acids is 2. The average molecular weight is 477 g/mol. The van der Waals surface area contributed by atoms with E-state index in [1.54, 1.807) is 18.7 Å². The molecule has 0 saturated heterocycles. The summed E-state index contributed by atoms with van der Waals surface area (Å²) >= 11 is 6.94. The van der Waals surface area contributed by atoms with Crippen LogP contribution < -0.4 is 5.32 Å². The van der Waals surface area contributed by atoms with Crippen LogP contribution in [0.5, 0.6) is 0 Å². The van der Waals surface area contributed by atoms with E-state index in [2.05, 4.69) is 15.5 Å². The van der Waals surface area contributed by atoms with Gasteiger partial charge in [0.1, 0.15) is 5.01 Å². The highest BCUT2D eigenvalue weighted by Crippen LogP contribution is 2.32. The zero-order valence-electron chi connectivity index (χ0n) is 17.4. The summed E-state index contributed by atoms with van der Waals surface area (Å²) < 4.78 is 38.0. The Balaban J connectivity index is 1.97. The van der Waals surface area contributed by atoms with Crippen molar-refractivity contribution in [3.8, 4) is 10.6 Å². The minimum atomic E-state index is -4.41. The predicted octanol–water partition coefficient (Wildman–Crippen LogP) is 5.06. The van der Waals surface area contributed by atoms with Gasteiger partial charge in [0, 0.05) is 31.0 Å².